The number of anilines is 1. The van der Waals surface area contributed by atoms with Gasteiger partial charge in [-0.25, -0.2) is 0 Å². The lowest BCUT2D eigenvalue weighted by Gasteiger charge is -2.21. The molecule has 1 aromatic heterocycles. The summed E-state index contributed by atoms with van der Waals surface area (Å²) in [7, 11) is 2.11. The Kier molecular flexibility index (Phi) is 5.07. The van der Waals surface area contributed by atoms with E-state index in [0.717, 1.165) is 25.1 Å². The molecular weight excluding hydrogens is 260 g/mol. The van der Waals surface area contributed by atoms with Crippen LogP contribution in [0.3, 0.4) is 0 Å². The van der Waals surface area contributed by atoms with Gasteiger partial charge in [-0.2, -0.15) is 0 Å². The van der Waals surface area contributed by atoms with E-state index < -0.39 is 0 Å². The van der Waals surface area contributed by atoms with Crippen molar-refractivity contribution in [2.45, 2.75) is 46.2 Å². The van der Waals surface area contributed by atoms with Crippen molar-refractivity contribution < 1.29 is 4.42 Å². The number of nitrogens with zero attached hydrogens (tertiary/aromatic N) is 1. The van der Waals surface area contributed by atoms with Crippen LogP contribution in [0.5, 0.6) is 0 Å². The predicted octanol–water partition coefficient (Wildman–Crippen LogP) is 3.81. The van der Waals surface area contributed by atoms with E-state index >= 15 is 0 Å². The highest BCUT2D eigenvalue weighted by molar-refractivity contribution is 5.51. The van der Waals surface area contributed by atoms with Gasteiger partial charge in [-0.3, -0.25) is 0 Å². The average Bonchev–Trinajstić information content (AvgIpc) is 2.86. The van der Waals surface area contributed by atoms with E-state index in [2.05, 4.69) is 44.0 Å². The van der Waals surface area contributed by atoms with Crippen molar-refractivity contribution in [3.63, 3.8) is 0 Å². The molecule has 2 N–H and O–H groups in total. The van der Waals surface area contributed by atoms with Gasteiger partial charge in [0.05, 0.1) is 6.26 Å². The Morgan fingerprint density at radius 2 is 1.95 bits per heavy atom. The molecule has 2 rings (SSSR count). The van der Waals surface area contributed by atoms with Crippen molar-refractivity contribution in [2.75, 3.05) is 11.9 Å². The first kappa shape index (κ1) is 15.6. The van der Waals surface area contributed by atoms with E-state index in [-0.39, 0.29) is 6.04 Å². The minimum Gasteiger partial charge on any atom is -0.469 e. The van der Waals surface area contributed by atoms with Gasteiger partial charge in [0.1, 0.15) is 5.76 Å². The molecule has 0 amide bonds. The van der Waals surface area contributed by atoms with Crippen LogP contribution < -0.4 is 10.6 Å². The van der Waals surface area contributed by atoms with E-state index in [1.165, 1.54) is 22.4 Å². The van der Waals surface area contributed by atoms with Crippen molar-refractivity contribution in [1.29, 1.82) is 0 Å². The van der Waals surface area contributed by atoms with Crippen LogP contribution in [0.4, 0.5) is 5.69 Å². The lowest BCUT2D eigenvalue weighted by molar-refractivity contribution is 0.529. The molecule has 0 bridgehead atoms. The standard InChI is InChI=1S/C18H26N2O/c1-5-17(19)11-15-6-7-18(10-13(15)2)20(4)12-16-8-9-21-14(16)3/h6-10,17H,5,11-12,19H2,1-4H3. The lowest BCUT2D eigenvalue weighted by atomic mass is 9.99. The summed E-state index contributed by atoms with van der Waals surface area (Å²) in [5, 5.41) is 0. The van der Waals surface area contributed by atoms with Crippen LogP contribution in [0.1, 0.15) is 35.8 Å². The number of hydrogen-bond acceptors (Lipinski definition) is 3. The monoisotopic (exact) mass is 286 g/mol. The third kappa shape index (κ3) is 3.88. The Morgan fingerprint density at radius 1 is 1.19 bits per heavy atom. The van der Waals surface area contributed by atoms with E-state index in [4.69, 9.17) is 10.2 Å². The van der Waals surface area contributed by atoms with E-state index in [1.807, 2.05) is 13.0 Å². The number of benzene rings is 1. The molecule has 3 nitrogen and oxygen atoms in total. The maximum absolute atomic E-state index is 6.06. The predicted molar refractivity (Wildman–Crippen MR) is 88.7 cm³/mol. The fourth-order valence-corrected chi connectivity index (χ4v) is 2.50. The van der Waals surface area contributed by atoms with Gasteiger partial charge in [0.15, 0.2) is 0 Å². The maximum Gasteiger partial charge on any atom is 0.105 e. The molecule has 0 aliphatic rings. The van der Waals surface area contributed by atoms with Crippen LogP contribution in [-0.2, 0) is 13.0 Å². The van der Waals surface area contributed by atoms with Gasteiger partial charge in [-0.1, -0.05) is 13.0 Å². The summed E-state index contributed by atoms with van der Waals surface area (Å²) in [4.78, 5) is 2.24. The summed E-state index contributed by atoms with van der Waals surface area (Å²) in [6, 6.07) is 8.92. The van der Waals surface area contributed by atoms with E-state index in [0.29, 0.717) is 0 Å². The summed E-state index contributed by atoms with van der Waals surface area (Å²) in [6.07, 6.45) is 3.72. The molecule has 3 heteroatoms. The average molecular weight is 286 g/mol. The Hall–Kier alpha value is -1.74. The summed E-state index contributed by atoms with van der Waals surface area (Å²) < 4.78 is 5.36. The SMILES string of the molecule is CCC(N)Cc1ccc(N(C)Cc2ccoc2C)cc1C. The second kappa shape index (κ2) is 6.81. The lowest BCUT2D eigenvalue weighted by Crippen LogP contribution is -2.22. The minimum absolute atomic E-state index is 0.251. The number of rotatable bonds is 6. The van der Waals surface area contributed by atoms with Gasteiger partial charge < -0.3 is 15.1 Å². The second-order valence-electron chi connectivity index (χ2n) is 5.84. The van der Waals surface area contributed by atoms with Crippen LogP contribution in [-0.4, -0.2) is 13.1 Å². The molecule has 0 aliphatic carbocycles. The number of nitrogens with two attached hydrogens (primary N) is 1. The molecule has 1 atom stereocenters. The fourth-order valence-electron chi connectivity index (χ4n) is 2.50. The molecule has 0 spiro atoms. The molecule has 1 heterocycles. The smallest absolute Gasteiger partial charge is 0.105 e. The van der Waals surface area contributed by atoms with Crippen LogP contribution >= 0.6 is 0 Å². The highest BCUT2D eigenvalue weighted by atomic mass is 16.3. The topological polar surface area (TPSA) is 42.4 Å². The first-order valence-electron chi connectivity index (χ1n) is 7.60. The minimum atomic E-state index is 0.251. The zero-order chi connectivity index (χ0) is 15.4. The van der Waals surface area contributed by atoms with Crippen LogP contribution in [0.25, 0.3) is 0 Å². The third-order valence-electron chi connectivity index (χ3n) is 4.15. The molecule has 0 fully saturated rings. The van der Waals surface area contributed by atoms with Crippen molar-refractivity contribution >= 4 is 5.69 Å². The van der Waals surface area contributed by atoms with Crippen molar-refractivity contribution in [3.8, 4) is 0 Å². The van der Waals surface area contributed by atoms with Gasteiger partial charge in [0.25, 0.3) is 0 Å². The molecule has 0 saturated heterocycles. The van der Waals surface area contributed by atoms with Gasteiger partial charge in [0, 0.05) is 30.9 Å². The van der Waals surface area contributed by atoms with Gasteiger partial charge in [0.2, 0.25) is 0 Å². The Bertz CT molecular complexity index is 589. The summed E-state index contributed by atoms with van der Waals surface area (Å²) in [5.41, 5.74) is 11.2. The third-order valence-corrected chi connectivity index (χ3v) is 4.15. The molecule has 2 aromatic rings. The zero-order valence-corrected chi connectivity index (χ0v) is 13.5. The van der Waals surface area contributed by atoms with E-state index in [9.17, 15) is 0 Å². The Balaban J connectivity index is 2.10. The first-order chi connectivity index (χ1) is 10.0. The number of furan rings is 1. The van der Waals surface area contributed by atoms with Crippen LogP contribution in [0, 0.1) is 13.8 Å². The summed E-state index contributed by atoms with van der Waals surface area (Å²) >= 11 is 0. The molecular formula is C18H26N2O. The van der Waals surface area contributed by atoms with E-state index in [1.54, 1.807) is 6.26 Å². The zero-order valence-electron chi connectivity index (χ0n) is 13.5. The molecule has 1 aromatic carbocycles. The number of aryl methyl sites for hydroxylation is 2. The quantitative estimate of drug-likeness (QED) is 0.878. The summed E-state index contributed by atoms with van der Waals surface area (Å²) in [6.45, 7) is 7.16. The molecule has 0 aliphatic heterocycles. The second-order valence-corrected chi connectivity index (χ2v) is 5.84. The molecule has 0 saturated carbocycles. The maximum atomic E-state index is 6.06. The van der Waals surface area contributed by atoms with Crippen LogP contribution in [0.2, 0.25) is 0 Å². The molecule has 114 valence electrons. The Labute approximate surface area is 127 Å². The first-order valence-corrected chi connectivity index (χ1v) is 7.60. The molecule has 0 radical (unpaired) electrons. The fraction of sp³-hybridized carbons (Fsp3) is 0.444. The highest BCUT2D eigenvalue weighted by Gasteiger charge is 2.09. The van der Waals surface area contributed by atoms with Crippen molar-refractivity contribution in [3.05, 3.63) is 53.0 Å². The van der Waals surface area contributed by atoms with Gasteiger partial charge in [-0.15, -0.1) is 0 Å². The van der Waals surface area contributed by atoms with Gasteiger partial charge >= 0.3 is 0 Å². The Morgan fingerprint density at radius 3 is 2.52 bits per heavy atom. The normalized spacial score (nSPS) is 12.4. The molecule has 1 unspecified atom stereocenters. The molecule has 21 heavy (non-hydrogen) atoms. The van der Waals surface area contributed by atoms with Crippen LogP contribution in [0.15, 0.2) is 34.9 Å². The van der Waals surface area contributed by atoms with Crippen molar-refractivity contribution in [1.82, 2.24) is 0 Å². The number of hydrogen-bond donors (Lipinski definition) is 1. The summed E-state index contributed by atoms with van der Waals surface area (Å²) in [5.74, 6) is 0.990. The van der Waals surface area contributed by atoms with Crippen molar-refractivity contribution in [2.24, 2.45) is 5.73 Å². The largest absolute Gasteiger partial charge is 0.469 e. The van der Waals surface area contributed by atoms with Gasteiger partial charge in [-0.05, 0) is 56.0 Å². The highest BCUT2D eigenvalue weighted by Crippen LogP contribution is 2.22.